The summed E-state index contributed by atoms with van der Waals surface area (Å²) >= 11 is 0. The van der Waals surface area contributed by atoms with E-state index in [1.54, 1.807) is 0 Å². The summed E-state index contributed by atoms with van der Waals surface area (Å²) in [6, 6.07) is 0. The van der Waals surface area contributed by atoms with Gasteiger partial charge in [-0.3, -0.25) is 0 Å². The van der Waals surface area contributed by atoms with Crippen LogP contribution in [0.2, 0.25) is 0 Å². The van der Waals surface area contributed by atoms with Gasteiger partial charge in [-0.05, 0) is 12.8 Å². The van der Waals surface area contributed by atoms with Crippen LogP contribution in [0, 0.1) is 0 Å². The number of hydrogen-bond donors (Lipinski definition) is 0. The Kier molecular flexibility index (Phi) is 33.9. The van der Waals surface area contributed by atoms with Gasteiger partial charge in [0.25, 0.3) is 0 Å². The molecule has 0 spiro atoms. The minimum atomic E-state index is 1.12. The molecule has 0 amide bonds. The smallest absolute Gasteiger partial charge is 0.0133 e. The highest BCUT2D eigenvalue weighted by molar-refractivity contribution is 4.53. The predicted molar refractivity (Wildman–Crippen MR) is 162 cm³/mol. The molecule has 0 heterocycles. The second kappa shape index (κ2) is 34.0. The summed E-state index contributed by atoms with van der Waals surface area (Å²) in [6.45, 7) is 6.85. The molecule has 211 valence electrons. The van der Waals surface area contributed by atoms with E-state index in [0.29, 0.717) is 0 Å². The van der Waals surface area contributed by atoms with Gasteiger partial charge in [0, 0.05) is 13.1 Å². The van der Waals surface area contributed by atoms with Crippen LogP contribution in [0.4, 0.5) is 0 Å². The zero-order valence-electron chi connectivity index (χ0n) is 25.1. The fourth-order valence-corrected chi connectivity index (χ4v) is 5.30. The Labute approximate surface area is 224 Å². The molecular formula is C34H70N. The van der Waals surface area contributed by atoms with E-state index in [1.807, 2.05) is 0 Å². The molecule has 1 radical (unpaired) electrons. The van der Waals surface area contributed by atoms with Crippen LogP contribution >= 0.6 is 0 Å². The molecule has 35 heavy (non-hydrogen) atoms. The number of hydrogen-bond acceptors (Lipinski definition) is 0. The van der Waals surface area contributed by atoms with Gasteiger partial charge in [0.1, 0.15) is 0 Å². The highest BCUT2D eigenvalue weighted by Gasteiger charge is 1.97. The van der Waals surface area contributed by atoms with Gasteiger partial charge in [-0.2, -0.15) is 0 Å². The van der Waals surface area contributed by atoms with Crippen molar-refractivity contribution < 1.29 is 0 Å². The number of unbranched alkanes of at least 4 members (excludes halogenated alkanes) is 28. The summed E-state index contributed by atoms with van der Waals surface area (Å²) < 4.78 is 0. The molecule has 0 saturated carbocycles. The molecule has 0 aromatic carbocycles. The van der Waals surface area contributed by atoms with E-state index in [-0.39, 0.29) is 0 Å². The van der Waals surface area contributed by atoms with Crippen LogP contribution in [0.3, 0.4) is 0 Å². The van der Waals surface area contributed by atoms with Crippen molar-refractivity contribution in [3.05, 3.63) is 0 Å². The fourth-order valence-electron chi connectivity index (χ4n) is 5.30. The van der Waals surface area contributed by atoms with E-state index in [0.717, 1.165) is 13.1 Å². The van der Waals surface area contributed by atoms with Gasteiger partial charge < -0.3 is 0 Å². The first kappa shape index (κ1) is 35.0. The zero-order valence-corrected chi connectivity index (χ0v) is 25.1. The first-order valence-electron chi connectivity index (χ1n) is 17.0. The van der Waals surface area contributed by atoms with Crippen molar-refractivity contribution in [1.29, 1.82) is 0 Å². The third-order valence-corrected chi connectivity index (χ3v) is 7.84. The molecule has 0 atom stereocenters. The lowest BCUT2D eigenvalue weighted by atomic mass is 10.0. The van der Waals surface area contributed by atoms with Crippen molar-refractivity contribution in [3.63, 3.8) is 0 Å². The Morgan fingerprint density at radius 2 is 0.400 bits per heavy atom. The maximum Gasteiger partial charge on any atom is 0.0133 e. The van der Waals surface area contributed by atoms with Gasteiger partial charge in [-0.15, -0.1) is 0 Å². The van der Waals surface area contributed by atoms with Crippen LogP contribution in [0.15, 0.2) is 0 Å². The average Bonchev–Trinajstić information content (AvgIpc) is 2.87. The molecule has 0 rings (SSSR count). The maximum atomic E-state index is 4.77. The third kappa shape index (κ3) is 34.0. The Morgan fingerprint density at radius 1 is 0.229 bits per heavy atom. The highest BCUT2D eigenvalue weighted by atomic mass is 14.8. The molecule has 0 aromatic rings. The molecule has 0 aliphatic carbocycles. The number of nitrogens with zero attached hydrogens (tertiary/aromatic N) is 1. The van der Waals surface area contributed by atoms with E-state index in [4.69, 9.17) is 5.32 Å². The number of rotatable bonds is 32. The van der Waals surface area contributed by atoms with Crippen molar-refractivity contribution in [1.82, 2.24) is 5.32 Å². The Morgan fingerprint density at radius 3 is 0.600 bits per heavy atom. The lowest BCUT2D eigenvalue weighted by Gasteiger charge is -2.05. The molecule has 1 nitrogen and oxygen atoms in total. The topological polar surface area (TPSA) is 14.1 Å². The molecule has 1 heteroatoms. The summed E-state index contributed by atoms with van der Waals surface area (Å²) in [5, 5.41) is 4.77. The van der Waals surface area contributed by atoms with Crippen LogP contribution in [-0.4, -0.2) is 13.1 Å². The van der Waals surface area contributed by atoms with Crippen molar-refractivity contribution in [2.45, 2.75) is 206 Å². The molecule has 0 bridgehead atoms. The zero-order chi connectivity index (χ0) is 25.3. The summed E-state index contributed by atoms with van der Waals surface area (Å²) in [4.78, 5) is 0. The van der Waals surface area contributed by atoms with Gasteiger partial charge in [-0.25, -0.2) is 5.32 Å². The first-order chi connectivity index (χ1) is 17.4. The van der Waals surface area contributed by atoms with Gasteiger partial charge >= 0.3 is 0 Å². The van der Waals surface area contributed by atoms with E-state index in [2.05, 4.69) is 13.8 Å². The fraction of sp³-hybridized carbons (Fsp3) is 1.00. The molecule has 0 unspecified atom stereocenters. The monoisotopic (exact) mass is 493 g/mol. The SMILES string of the molecule is CCCCCCCCCCCCCCCCC[N]CCCCCCCCCCCCCCCCC. The summed E-state index contributed by atoms with van der Waals surface area (Å²) in [7, 11) is 0. The molecule has 0 saturated heterocycles. The van der Waals surface area contributed by atoms with Gasteiger partial charge in [0.15, 0.2) is 0 Å². The van der Waals surface area contributed by atoms with E-state index in [9.17, 15) is 0 Å². The van der Waals surface area contributed by atoms with Gasteiger partial charge in [-0.1, -0.05) is 194 Å². The van der Waals surface area contributed by atoms with Crippen LogP contribution < -0.4 is 5.32 Å². The lowest BCUT2D eigenvalue weighted by Crippen LogP contribution is -2.08. The highest BCUT2D eigenvalue weighted by Crippen LogP contribution is 2.14. The Balaban J connectivity index is 3.00. The molecule has 0 aliphatic heterocycles. The standard InChI is InChI=1S/C34H70N/c1-3-5-7-9-11-13-15-17-19-21-23-25-27-29-31-33-35-34-32-30-28-26-24-22-20-18-16-14-12-10-8-6-4-2/h3-34H2,1-2H3. The van der Waals surface area contributed by atoms with E-state index >= 15 is 0 Å². The first-order valence-corrected chi connectivity index (χ1v) is 17.0. The van der Waals surface area contributed by atoms with Crippen LogP contribution in [-0.2, 0) is 0 Å². The molecule has 0 N–H and O–H groups in total. The average molecular weight is 493 g/mol. The molecular weight excluding hydrogens is 422 g/mol. The summed E-state index contributed by atoms with van der Waals surface area (Å²) in [5.74, 6) is 0. The Hall–Kier alpha value is -0.0400. The van der Waals surface area contributed by atoms with E-state index in [1.165, 1.54) is 193 Å². The lowest BCUT2D eigenvalue weighted by molar-refractivity contribution is 0.514. The third-order valence-electron chi connectivity index (χ3n) is 7.84. The van der Waals surface area contributed by atoms with Crippen LogP contribution in [0.1, 0.15) is 206 Å². The van der Waals surface area contributed by atoms with Crippen molar-refractivity contribution >= 4 is 0 Å². The molecule has 0 aliphatic rings. The summed E-state index contributed by atoms with van der Waals surface area (Å²) in [5.41, 5.74) is 0. The minimum Gasteiger partial charge on any atom is -0.242 e. The predicted octanol–water partition coefficient (Wildman–Crippen LogP) is 12.3. The maximum absolute atomic E-state index is 4.77. The van der Waals surface area contributed by atoms with Gasteiger partial charge in [0.05, 0.1) is 0 Å². The second-order valence-corrected chi connectivity index (χ2v) is 11.6. The second-order valence-electron chi connectivity index (χ2n) is 11.6. The molecule has 0 fully saturated rings. The van der Waals surface area contributed by atoms with Crippen LogP contribution in [0.25, 0.3) is 0 Å². The largest absolute Gasteiger partial charge is 0.242 e. The quantitative estimate of drug-likeness (QED) is 0.0829. The van der Waals surface area contributed by atoms with Crippen molar-refractivity contribution in [2.75, 3.05) is 13.1 Å². The Bertz CT molecular complexity index is 307. The molecule has 0 aromatic heterocycles. The van der Waals surface area contributed by atoms with Crippen LogP contribution in [0.5, 0.6) is 0 Å². The van der Waals surface area contributed by atoms with E-state index < -0.39 is 0 Å². The van der Waals surface area contributed by atoms with Gasteiger partial charge in [0.2, 0.25) is 0 Å². The normalized spacial score (nSPS) is 11.5. The minimum absolute atomic E-state index is 1.12. The summed E-state index contributed by atoms with van der Waals surface area (Å²) in [6.07, 6.45) is 43.4. The van der Waals surface area contributed by atoms with Crippen molar-refractivity contribution in [3.8, 4) is 0 Å². The van der Waals surface area contributed by atoms with Crippen molar-refractivity contribution in [2.24, 2.45) is 0 Å².